The van der Waals surface area contributed by atoms with E-state index in [1.165, 1.54) is 0 Å². The van der Waals surface area contributed by atoms with Gasteiger partial charge >= 0.3 is 0 Å². The first-order valence-electron chi connectivity index (χ1n) is 6.36. The molecule has 0 spiro atoms. The average molecular weight is 257 g/mol. The number of aliphatic hydroxyl groups is 1. The highest BCUT2D eigenvalue weighted by molar-refractivity contribution is 5.43. The minimum atomic E-state index is 0.0569. The Morgan fingerprint density at radius 1 is 1.11 bits per heavy atom. The van der Waals surface area contributed by atoms with Crippen LogP contribution in [0.1, 0.15) is 27.9 Å². The molecule has 0 amide bonds. The number of rotatable bonds is 4. The quantitative estimate of drug-likeness (QED) is 0.915. The summed E-state index contributed by atoms with van der Waals surface area (Å²) in [5, 5.41) is 9.17. The van der Waals surface area contributed by atoms with Crippen molar-refractivity contribution < 1.29 is 9.84 Å². The highest BCUT2D eigenvalue weighted by Gasteiger charge is 2.07. The molecule has 0 saturated heterocycles. The lowest BCUT2D eigenvalue weighted by molar-refractivity contribution is 0.279. The lowest BCUT2D eigenvalue weighted by Crippen LogP contribution is -2.03. The summed E-state index contributed by atoms with van der Waals surface area (Å²) in [7, 11) is 0. The van der Waals surface area contributed by atoms with E-state index in [9.17, 15) is 5.11 Å². The van der Waals surface area contributed by atoms with Crippen LogP contribution >= 0.6 is 0 Å². The Labute approximate surface area is 113 Å². The maximum absolute atomic E-state index is 9.17. The molecular formula is C16H19NO2. The maximum atomic E-state index is 9.17. The second-order valence-electron chi connectivity index (χ2n) is 4.77. The summed E-state index contributed by atoms with van der Waals surface area (Å²) >= 11 is 0. The second-order valence-corrected chi connectivity index (χ2v) is 4.77. The third-order valence-corrected chi connectivity index (χ3v) is 3.17. The van der Waals surface area contributed by atoms with E-state index in [1.807, 2.05) is 45.0 Å². The molecule has 0 aliphatic rings. The van der Waals surface area contributed by atoms with E-state index in [0.29, 0.717) is 6.61 Å². The maximum Gasteiger partial charge on any atom is 0.130 e. The van der Waals surface area contributed by atoms with Gasteiger partial charge in [-0.2, -0.15) is 0 Å². The number of benzene rings is 1. The molecule has 1 aromatic carbocycles. The van der Waals surface area contributed by atoms with Gasteiger partial charge < -0.3 is 9.84 Å². The van der Waals surface area contributed by atoms with E-state index in [0.717, 1.165) is 33.7 Å². The first kappa shape index (κ1) is 13.6. The summed E-state index contributed by atoms with van der Waals surface area (Å²) in [6.45, 7) is 6.54. The fraction of sp³-hybridized carbons (Fsp3) is 0.312. The van der Waals surface area contributed by atoms with Gasteiger partial charge in [-0.25, -0.2) is 0 Å². The minimum Gasteiger partial charge on any atom is -0.487 e. The monoisotopic (exact) mass is 257 g/mol. The number of aromatic nitrogens is 1. The Kier molecular flexibility index (Phi) is 4.17. The molecule has 1 aromatic heterocycles. The molecule has 1 N–H and O–H groups in total. The molecule has 0 aliphatic heterocycles. The van der Waals surface area contributed by atoms with Gasteiger partial charge in [0.15, 0.2) is 0 Å². The highest BCUT2D eigenvalue weighted by Crippen LogP contribution is 2.25. The molecule has 0 bridgehead atoms. The van der Waals surface area contributed by atoms with E-state index in [2.05, 4.69) is 4.98 Å². The van der Waals surface area contributed by atoms with Gasteiger partial charge in [-0.3, -0.25) is 4.98 Å². The van der Waals surface area contributed by atoms with E-state index >= 15 is 0 Å². The van der Waals surface area contributed by atoms with Crippen LogP contribution < -0.4 is 4.74 Å². The predicted octanol–water partition coefficient (Wildman–Crippen LogP) is 3.08. The minimum absolute atomic E-state index is 0.0569. The Morgan fingerprint density at radius 3 is 2.37 bits per heavy atom. The van der Waals surface area contributed by atoms with Crippen molar-refractivity contribution in [2.24, 2.45) is 0 Å². The summed E-state index contributed by atoms with van der Waals surface area (Å²) < 4.78 is 5.89. The lowest BCUT2D eigenvalue weighted by atomic mass is 10.1. The summed E-state index contributed by atoms with van der Waals surface area (Å²) in [4.78, 5) is 4.32. The fourth-order valence-electron chi connectivity index (χ4n) is 2.17. The van der Waals surface area contributed by atoms with E-state index in [-0.39, 0.29) is 6.61 Å². The topological polar surface area (TPSA) is 42.4 Å². The zero-order chi connectivity index (χ0) is 13.8. The molecule has 1 heterocycles. The van der Waals surface area contributed by atoms with Gasteiger partial charge in [0.25, 0.3) is 0 Å². The van der Waals surface area contributed by atoms with E-state index in [4.69, 9.17) is 4.74 Å². The molecule has 0 radical (unpaired) electrons. The zero-order valence-electron chi connectivity index (χ0n) is 11.6. The number of hydrogen-bond donors (Lipinski definition) is 1. The number of aliphatic hydroxyl groups excluding tert-OH is 1. The smallest absolute Gasteiger partial charge is 0.130 e. The normalized spacial score (nSPS) is 10.5. The van der Waals surface area contributed by atoms with Crippen LogP contribution in [0.3, 0.4) is 0 Å². The predicted molar refractivity (Wildman–Crippen MR) is 75.1 cm³/mol. The average Bonchev–Trinajstić information content (AvgIpc) is 2.39. The van der Waals surface area contributed by atoms with Crippen molar-refractivity contribution in [2.75, 3.05) is 0 Å². The molecule has 3 nitrogen and oxygen atoms in total. The Morgan fingerprint density at radius 2 is 1.79 bits per heavy atom. The molecular weight excluding hydrogens is 238 g/mol. The second kappa shape index (κ2) is 5.85. The van der Waals surface area contributed by atoms with Crippen LogP contribution in [0.4, 0.5) is 0 Å². The Bertz CT molecular complexity index is 556. The van der Waals surface area contributed by atoms with Crippen molar-refractivity contribution >= 4 is 0 Å². The number of ether oxygens (including phenoxy) is 1. The van der Waals surface area contributed by atoms with Crippen molar-refractivity contribution in [3.63, 3.8) is 0 Å². The molecule has 0 atom stereocenters. The Balaban J connectivity index is 2.18. The SMILES string of the molecule is Cc1cccnc1COc1c(C)cc(CO)cc1C. The third kappa shape index (κ3) is 3.12. The first-order chi connectivity index (χ1) is 9.11. The van der Waals surface area contributed by atoms with Crippen molar-refractivity contribution in [3.8, 4) is 5.75 Å². The van der Waals surface area contributed by atoms with Gasteiger partial charge in [-0.15, -0.1) is 0 Å². The Hall–Kier alpha value is -1.87. The summed E-state index contributed by atoms with van der Waals surface area (Å²) in [6, 6.07) is 7.85. The van der Waals surface area contributed by atoms with Gasteiger partial charge in [0.2, 0.25) is 0 Å². The summed E-state index contributed by atoms with van der Waals surface area (Å²) in [6.07, 6.45) is 1.78. The zero-order valence-corrected chi connectivity index (χ0v) is 11.6. The van der Waals surface area contributed by atoms with Gasteiger partial charge in [-0.05, 0) is 49.1 Å². The van der Waals surface area contributed by atoms with Gasteiger partial charge in [0.05, 0.1) is 12.3 Å². The van der Waals surface area contributed by atoms with Crippen LogP contribution in [-0.2, 0) is 13.2 Å². The summed E-state index contributed by atoms with van der Waals surface area (Å²) in [5.41, 5.74) is 5.07. The van der Waals surface area contributed by atoms with Crippen LogP contribution in [0.15, 0.2) is 30.5 Å². The lowest BCUT2D eigenvalue weighted by Gasteiger charge is -2.14. The van der Waals surface area contributed by atoms with Crippen molar-refractivity contribution in [3.05, 3.63) is 58.4 Å². The van der Waals surface area contributed by atoms with Crippen molar-refractivity contribution in [2.45, 2.75) is 34.0 Å². The van der Waals surface area contributed by atoms with Gasteiger partial charge in [-0.1, -0.05) is 18.2 Å². The van der Waals surface area contributed by atoms with Crippen LogP contribution in [0.25, 0.3) is 0 Å². The fourth-order valence-corrected chi connectivity index (χ4v) is 2.17. The summed E-state index contributed by atoms with van der Waals surface area (Å²) in [5.74, 6) is 0.877. The molecule has 2 rings (SSSR count). The largest absolute Gasteiger partial charge is 0.487 e. The molecule has 0 aliphatic carbocycles. The number of aryl methyl sites for hydroxylation is 3. The van der Waals surface area contributed by atoms with Gasteiger partial charge in [0, 0.05) is 6.20 Å². The molecule has 100 valence electrons. The van der Waals surface area contributed by atoms with E-state index in [1.54, 1.807) is 6.20 Å². The molecule has 19 heavy (non-hydrogen) atoms. The standard InChI is InChI=1S/C16H19NO2/c1-11-5-4-6-17-15(11)10-19-16-12(2)7-14(9-18)8-13(16)3/h4-8,18H,9-10H2,1-3H3. The molecule has 0 unspecified atom stereocenters. The molecule has 3 heteroatoms. The van der Waals surface area contributed by atoms with Crippen LogP contribution in [-0.4, -0.2) is 10.1 Å². The number of nitrogens with zero attached hydrogens (tertiary/aromatic N) is 1. The number of hydrogen-bond acceptors (Lipinski definition) is 3. The van der Waals surface area contributed by atoms with Crippen LogP contribution in [0.5, 0.6) is 5.75 Å². The third-order valence-electron chi connectivity index (χ3n) is 3.17. The van der Waals surface area contributed by atoms with Crippen molar-refractivity contribution in [1.82, 2.24) is 4.98 Å². The molecule has 0 fully saturated rings. The van der Waals surface area contributed by atoms with Crippen LogP contribution in [0, 0.1) is 20.8 Å². The van der Waals surface area contributed by atoms with Crippen molar-refractivity contribution in [1.29, 1.82) is 0 Å². The first-order valence-corrected chi connectivity index (χ1v) is 6.36. The van der Waals surface area contributed by atoms with Gasteiger partial charge in [0.1, 0.15) is 12.4 Å². The highest BCUT2D eigenvalue weighted by atomic mass is 16.5. The number of pyridine rings is 1. The molecule has 0 saturated carbocycles. The molecule has 2 aromatic rings. The van der Waals surface area contributed by atoms with E-state index < -0.39 is 0 Å². The van der Waals surface area contributed by atoms with Crippen LogP contribution in [0.2, 0.25) is 0 Å².